The summed E-state index contributed by atoms with van der Waals surface area (Å²) < 4.78 is 34.7. The smallest absolute Gasteiger partial charge is 0.158 e. The molecule has 2 saturated heterocycles. The number of sulfone groups is 1. The summed E-state index contributed by atoms with van der Waals surface area (Å²) in [4.78, 5) is 2.20. The number of hydrogen-bond acceptors (Lipinski definition) is 5. The average Bonchev–Trinajstić information content (AvgIpc) is 2.72. The van der Waals surface area contributed by atoms with E-state index in [1.165, 1.54) is 5.56 Å². The van der Waals surface area contributed by atoms with Crippen LogP contribution in [0.25, 0.3) is 0 Å². The number of likely N-dealkylation sites (tertiary alicyclic amines) is 1. The molecule has 122 valence electrons. The molecule has 2 fully saturated rings. The monoisotopic (exact) mass is 325 g/mol. The van der Waals surface area contributed by atoms with Gasteiger partial charge < -0.3 is 9.47 Å². The van der Waals surface area contributed by atoms with Crippen LogP contribution in [0, 0.1) is 5.92 Å². The fraction of sp³-hybridized carbons (Fsp3) is 0.625. The first-order valence-corrected chi connectivity index (χ1v) is 9.22. The van der Waals surface area contributed by atoms with Gasteiger partial charge in [0.25, 0.3) is 0 Å². The molecular weight excluding hydrogens is 302 g/mol. The minimum atomic E-state index is -3.00. The van der Waals surface area contributed by atoms with Crippen molar-refractivity contribution in [1.29, 1.82) is 0 Å². The van der Waals surface area contributed by atoms with E-state index in [4.69, 9.17) is 9.47 Å². The number of nitrogens with zero attached hydrogens (tertiary/aromatic N) is 1. The molecule has 0 N–H and O–H groups in total. The van der Waals surface area contributed by atoms with Gasteiger partial charge in [-0.05, 0) is 24.1 Å². The molecule has 0 saturated carbocycles. The molecule has 2 aliphatic heterocycles. The molecule has 0 unspecified atom stereocenters. The van der Waals surface area contributed by atoms with Crippen LogP contribution < -0.4 is 4.74 Å². The summed E-state index contributed by atoms with van der Waals surface area (Å²) in [5.41, 5.74) is 1.18. The van der Waals surface area contributed by atoms with Gasteiger partial charge in [0.05, 0.1) is 19.5 Å². The highest BCUT2D eigenvalue weighted by Crippen LogP contribution is 2.45. The lowest BCUT2D eigenvalue weighted by molar-refractivity contribution is 0.0411. The van der Waals surface area contributed by atoms with Crippen LogP contribution in [0.2, 0.25) is 0 Å². The SMILES string of the molecule is COC[C@H]1CCS(=O)(=O)C12CN(Cc1ccc(OC)cc1)C2. The Balaban J connectivity index is 1.66. The zero-order chi connectivity index (χ0) is 15.8. The van der Waals surface area contributed by atoms with Crippen molar-refractivity contribution in [3.8, 4) is 5.75 Å². The number of benzene rings is 1. The van der Waals surface area contributed by atoms with Crippen LogP contribution >= 0.6 is 0 Å². The van der Waals surface area contributed by atoms with Gasteiger partial charge in [-0.3, -0.25) is 4.90 Å². The summed E-state index contributed by atoms with van der Waals surface area (Å²) in [6, 6.07) is 7.93. The largest absolute Gasteiger partial charge is 0.497 e. The molecule has 1 spiro atoms. The van der Waals surface area contributed by atoms with Crippen molar-refractivity contribution >= 4 is 9.84 Å². The molecule has 0 amide bonds. The van der Waals surface area contributed by atoms with Gasteiger partial charge in [0.2, 0.25) is 0 Å². The van der Waals surface area contributed by atoms with Gasteiger partial charge in [0, 0.05) is 32.7 Å². The second kappa shape index (κ2) is 5.83. The van der Waals surface area contributed by atoms with Crippen molar-refractivity contribution in [3.63, 3.8) is 0 Å². The van der Waals surface area contributed by atoms with Crippen LogP contribution in [0.5, 0.6) is 5.75 Å². The second-order valence-corrected chi connectivity index (χ2v) is 8.77. The highest BCUT2D eigenvalue weighted by molar-refractivity contribution is 7.93. The minimum Gasteiger partial charge on any atom is -0.497 e. The Hall–Kier alpha value is -1.11. The first-order valence-electron chi connectivity index (χ1n) is 7.57. The third kappa shape index (κ3) is 2.53. The fourth-order valence-corrected chi connectivity index (χ4v) is 6.17. The summed E-state index contributed by atoms with van der Waals surface area (Å²) in [5.74, 6) is 1.27. The van der Waals surface area contributed by atoms with Crippen LogP contribution in [0.15, 0.2) is 24.3 Å². The van der Waals surface area contributed by atoms with E-state index < -0.39 is 14.6 Å². The van der Waals surface area contributed by atoms with E-state index in [2.05, 4.69) is 4.90 Å². The Labute approximate surface area is 132 Å². The van der Waals surface area contributed by atoms with Crippen molar-refractivity contribution in [2.45, 2.75) is 17.7 Å². The molecule has 3 rings (SSSR count). The maximum Gasteiger partial charge on any atom is 0.158 e. The van der Waals surface area contributed by atoms with E-state index in [1.807, 2.05) is 24.3 Å². The predicted octanol–water partition coefficient (Wildman–Crippen LogP) is 1.33. The third-order valence-electron chi connectivity index (χ3n) is 5.01. The molecule has 22 heavy (non-hydrogen) atoms. The van der Waals surface area contributed by atoms with E-state index in [9.17, 15) is 8.42 Å². The maximum absolute atomic E-state index is 12.4. The fourth-order valence-electron chi connectivity index (χ4n) is 3.72. The molecule has 1 aromatic carbocycles. The molecule has 0 aromatic heterocycles. The van der Waals surface area contributed by atoms with Crippen molar-refractivity contribution in [2.24, 2.45) is 5.92 Å². The molecule has 0 aliphatic carbocycles. The minimum absolute atomic E-state index is 0.134. The number of ether oxygens (including phenoxy) is 2. The van der Waals surface area contributed by atoms with Gasteiger partial charge in [0.1, 0.15) is 10.5 Å². The molecule has 6 heteroatoms. The van der Waals surface area contributed by atoms with Gasteiger partial charge in [-0.1, -0.05) is 12.1 Å². The van der Waals surface area contributed by atoms with Crippen molar-refractivity contribution < 1.29 is 17.9 Å². The summed E-state index contributed by atoms with van der Waals surface area (Å²) >= 11 is 0. The standard InChI is InChI=1S/C16H23NO4S/c1-20-10-14-7-8-22(18,19)16(14)11-17(12-16)9-13-3-5-15(21-2)6-4-13/h3-6,14H,7-12H2,1-2H3/t14-/m1/s1. The quantitative estimate of drug-likeness (QED) is 0.817. The van der Waals surface area contributed by atoms with Gasteiger partial charge in [-0.2, -0.15) is 0 Å². The van der Waals surface area contributed by atoms with E-state index in [-0.39, 0.29) is 5.92 Å². The Kier molecular flexibility index (Phi) is 4.18. The maximum atomic E-state index is 12.4. The molecular formula is C16H23NO4S. The highest BCUT2D eigenvalue weighted by atomic mass is 32.2. The zero-order valence-electron chi connectivity index (χ0n) is 13.1. The molecule has 0 radical (unpaired) electrons. The zero-order valence-corrected chi connectivity index (χ0v) is 13.9. The molecule has 2 aliphatic rings. The number of rotatable bonds is 5. The van der Waals surface area contributed by atoms with Crippen molar-refractivity contribution in [1.82, 2.24) is 4.90 Å². The Bertz CT molecular complexity index is 620. The summed E-state index contributed by atoms with van der Waals surface area (Å²) in [5, 5.41) is 0. The molecule has 2 heterocycles. The lowest BCUT2D eigenvalue weighted by Crippen LogP contribution is -2.67. The second-order valence-electron chi connectivity index (χ2n) is 6.32. The lowest BCUT2D eigenvalue weighted by atomic mass is 9.83. The molecule has 1 atom stereocenters. The van der Waals surface area contributed by atoms with Crippen LogP contribution in [-0.4, -0.2) is 57.7 Å². The predicted molar refractivity (Wildman–Crippen MR) is 84.8 cm³/mol. The van der Waals surface area contributed by atoms with E-state index in [0.717, 1.165) is 18.7 Å². The van der Waals surface area contributed by atoms with Crippen molar-refractivity contribution in [3.05, 3.63) is 29.8 Å². The van der Waals surface area contributed by atoms with Crippen LogP contribution in [0.4, 0.5) is 0 Å². The first-order chi connectivity index (χ1) is 10.5. The van der Waals surface area contributed by atoms with Crippen LogP contribution in [0.1, 0.15) is 12.0 Å². The topological polar surface area (TPSA) is 55.8 Å². The Morgan fingerprint density at radius 1 is 1.23 bits per heavy atom. The Morgan fingerprint density at radius 3 is 2.50 bits per heavy atom. The van der Waals surface area contributed by atoms with Crippen molar-refractivity contribution in [2.75, 3.05) is 39.7 Å². The van der Waals surface area contributed by atoms with Gasteiger partial charge in [-0.15, -0.1) is 0 Å². The summed E-state index contributed by atoms with van der Waals surface area (Å²) in [7, 11) is 0.294. The Morgan fingerprint density at radius 2 is 1.91 bits per heavy atom. The van der Waals surface area contributed by atoms with Gasteiger partial charge >= 0.3 is 0 Å². The summed E-state index contributed by atoms with van der Waals surface area (Å²) in [6.45, 7) is 2.56. The lowest BCUT2D eigenvalue weighted by Gasteiger charge is -2.50. The average molecular weight is 325 g/mol. The summed E-state index contributed by atoms with van der Waals surface area (Å²) in [6.07, 6.45) is 0.729. The van der Waals surface area contributed by atoms with E-state index in [0.29, 0.717) is 25.4 Å². The van der Waals surface area contributed by atoms with Crippen LogP contribution in [0.3, 0.4) is 0 Å². The van der Waals surface area contributed by atoms with E-state index >= 15 is 0 Å². The molecule has 0 bridgehead atoms. The number of methoxy groups -OCH3 is 2. The number of hydrogen-bond donors (Lipinski definition) is 0. The third-order valence-corrected chi connectivity index (χ3v) is 7.62. The molecule has 5 nitrogen and oxygen atoms in total. The van der Waals surface area contributed by atoms with E-state index in [1.54, 1.807) is 14.2 Å². The van der Waals surface area contributed by atoms with Gasteiger partial charge in [0.15, 0.2) is 9.84 Å². The molecule has 1 aromatic rings. The first kappa shape index (κ1) is 15.8. The van der Waals surface area contributed by atoms with Gasteiger partial charge in [-0.25, -0.2) is 8.42 Å². The normalized spacial score (nSPS) is 26.0. The highest BCUT2D eigenvalue weighted by Gasteiger charge is 2.61. The van der Waals surface area contributed by atoms with Crippen LogP contribution in [-0.2, 0) is 21.1 Å².